The molecule has 0 atom stereocenters. The predicted octanol–water partition coefficient (Wildman–Crippen LogP) is 3.17. The Bertz CT molecular complexity index is 834. The molecule has 3 aromatic rings. The van der Waals surface area contributed by atoms with Crippen LogP contribution in [0.2, 0.25) is 0 Å². The molecular weight excluding hydrogens is 347 g/mol. The van der Waals surface area contributed by atoms with E-state index in [2.05, 4.69) is 34.7 Å². The summed E-state index contributed by atoms with van der Waals surface area (Å²) in [5.74, 6) is 0. The molecule has 0 aliphatic rings. The van der Waals surface area contributed by atoms with Gasteiger partial charge < -0.3 is 5.32 Å². The van der Waals surface area contributed by atoms with E-state index in [1.54, 1.807) is 17.0 Å². The van der Waals surface area contributed by atoms with Crippen LogP contribution in [0.4, 0.5) is 5.69 Å². The van der Waals surface area contributed by atoms with Gasteiger partial charge in [-0.05, 0) is 31.2 Å². The third kappa shape index (κ3) is 4.71. The molecule has 0 amide bonds. The van der Waals surface area contributed by atoms with Crippen LogP contribution in [0.15, 0.2) is 59.7 Å². The van der Waals surface area contributed by atoms with E-state index < -0.39 is 0 Å². The van der Waals surface area contributed by atoms with Gasteiger partial charge in [0.05, 0.1) is 30.6 Å². The van der Waals surface area contributed by atoms with E-state index in [9.17, 15) is 4.79 Å². The summed E-state index contributed by atoms with van der Waals surface area (Å²) in [5.41, 5.74) is 2.96. The molecule has 5 nitrogen and oxygen atoms in total. The standard InChI is InChI=1S/C17H18N4O.2ClH/c1-13-6-8-14(9-7-13)19-10-18-11-21-12-20-16-5-3-2-4-15(16)17(21)22;;/h2-9,12,18-19H,10-11H2,1H3;2*1H. The zero-order valence-electron chi connectivity index (χ0n) is 13.2. The number of hydrogen-bond donors (Lipinski definition) is 2. The van der Waals surface area contributed by atoms with E-state index in [-0.39, 0.29) is 30.4 Å². The lowest BCUT2D eigenvalue weighted by atomic mass is 10.2. The third-order valence-corrected chi connectivity index (χ3v) is 3.48. The first-order valence-electron chi connectivity index (χ1n) is 7.19. The average molecular weight is 367 g/mol. The fourth-order valence-corrected chi connectivity index (χ4v) is 2.23. The molecule has 0 aliphatic carbocycles. The first-order valence-corrected chi connectivity index (χ1v) is 7.19. The number of rotatable bonds is 5. The molecule has 0 radical (unpaired) electrons. The average Bonchev–Trinajstić information content (AvgIpc) is 2.55. The van der Waals surface area contributed by atoms with Gasteiger partial charge in [0.2, 0.25) is 0 Å². The molecule has 0 fully saturated rings. The van der Waals surface area contributed by atoms with Crippen LogP contribution in [-0.2, 0) is 6.67 Å². The number of para-hydroxylation sites is 1. The van der Waals surface area contributed by atoms with Crippen LogP contribution in [0.5, 0.6) is 0 Å². The van der Waals surface area contributed by atoms with Gasteiger partial charge in [-0.1, -0.05) is 29.8 Å². The number of hydrogen-bond acceptors (Lipinski definition) is 4. The van der Waals surface area contributed by atoms with E-state index in [4.69, 9.17) is 0 Å². The molecule has 0 spiro atoms. The molecule has 1 heterocycles. The van der Waals surface area contributed by atoms with Crippen LogP contribution in [0, 0.1) is 6.92 Å². The number of anilines is 1. The molecule has 0 bridgehead atoms. The van der Waals surface area contributed by atoms with Gasteiger partial charge in [-0.2, -0.15) is 0 Å². The topological polar surface area (TPSA) is 58.9 Å². The van der Waals surface area contributed by atoms with Crippen molar-refractivity contribution in [3.05, 3.63) is 70.8 Å². The smallest absolute Gasteiger partial charge is 0.262 e. The number of nitrogens with one attached hydrogen (secondary N) is 2. The highest BCUT2D eigenvalue weighted by Gasteiger charge is 2.02. The summed E-state index contributed by atoms with van der Waals surface area (Å²) in [6.07, 6.45) is 1.57. The van der Waals surface area contributed by atoms with Crippen molar-refractivity contribution in [2.75, 3.05) is 12.0 Å². The molecule has 0 saturated heterocycles. The van der Waals surface area contributed by atoms with Gasteiger partial charge in [-0.25, -0.2) is 4.98 Å². The molecule has 1 aromatic heterocycles. The van der Waals surface area contributed by atoms with E-state index in [0.717, 1.165) is 11.2 Å². The lowest BCUT2D eigenvalue weighted by Gasteiger charge is -2.10. The summed E-state index contributed by atoms with van der Waals surface area (Å²) in [4.78, 5) is 16.6. The highest BCUT2D eigenvalue weighted by molar-refractivity contribution is 5.85. The second-order valence-corrected chi connectivity index (χ2v) is 5.16. The number of benzene rings is 2. The van der Waals surface area contributed by atoms with Crippen LogP contribution >= 0.6 is 24.8 Å². The van der Waals surface area contributed by atoms with Crippen LogP contribution in [0.3, 0.4) is 0 Å². The maximum atomic E-state index is 12.3. The second-order valence-electron chi connectivity index (χ2n) is 5.16. The van der Waals surface area contributed by atoms with Gasteiger partial charge in [-0.3, -0.25) is 14.7 Å². The van der Waals surface area contributed by atoms with Gasteiger partial charge in [0.1, 0.15) is 0 Å². The first kappa shape index (κ1) is 20.0. The minimum absolute atomic E-state index is 0. The summed E-state index contributed by atoms with van der Waals surface area (Å²) in [5, 5.41) is 7.07. The van der Waals surface area contributed by atoms with E-state index in [0.29, 0.717) is 18.7 Å². The number of fused-ring (bicyclic) bond motifs is 1. The maximum Gasteiger partial charge on any atom is 0.262 e. The van der Waals surface area contributed by atoms with Crippen LogP contribution in [-0.4, -0.2) is 16.2 Å². The molecular formula is C17H20Cl2N4O. The van der Waals surface area contributed by atoms with Crippen LogP contribution in [0.25, 0.3) is 10.9 Å². The molecule has 24 heavy (non-hydrogen) atoms. The summed E-state index contributed by atoms with van der Waals surface area (Å²) >= 11 is 0. The van der Waals surface area contributed by atoms with Crippen molar-refractivity contribution >= 4 is 41.4 Å². The zero-order valence-corrected chi connectivity index (χ0v) is 14.9. The van der Waals surface area contributed by atoms with E-state index in [1.807, 2.05) is 30.3 Å². The van der Waals surface area contributed by atoms with Crippen molar-refractivity contribution in [2.45, 2.75) is 13.6 Å². The minimum atomic E-state index is -0.0339. The molecule has 2 aromatic carbocycles. The highest BCUT2D eigenvalue weighted by Crippen LogP contribution is 2.07. The maximum absolute atomic E-state index is 12.3. The van der Waals surface area contributed by atoms with Crippen molar-refractivity contribution in [2.24, 2.45) is 0 Å². The SMILES string of the molecule is Cc1ccc(NCNCn2cnc3ccccc3c2=O)cc1.Cl.Cl. The Labute approximate surface area is 152 Å². The Balaban J connectivity index is 0.00000144. The van der Waals surface area contributed by atoms with Crippen molar-refractivity contribution < 1.29 is 0 Å². The highest BCUT2D eigenvalue weighted by atomic mass is 35.5. The summed E-state index contributed by atoms with van der Waals surface area (Å²) in [7, 11) is 0. The minimum Gasteiger partial charge on any atom is -0.372 e. The fourth-order valence-electron chi connectivity index (χ4n) is 2.23. The second kappa shape index (κ2) is 9.27. The normalized spacial score (nSPS) is 9.88. The number of nitrogens with zero attached hydrogens (tertiary/aromatic N) is 2. The summed E-state index contributed by atoms with van der Waals surface area (Å²) < 4.78 is 1.57. The zero-order chi connectivity index (χ0) is 15.4. The van der Waals surface area contributed by atoms with Crippen molar-refractivity contribution in [1.82, 2.24) is 14.9 Å². The van der Waals surface area contributed by atoms with E-state index >= 15 is 0 Å². The van der Waals surface area contributed by atoms with Gasteiger partial charge >= 0.3 is 0 Å². The predicted molar refractivity (Wildman–Crippen MR) is 103 cm³/mol. The summed E-state index contributed by atoms with van der Waals surface area (Å²) in [6, 6.07) is 15.5. The van der Waals surface area contributed by atoms with Crippen molar-refractivity contribution in [3.8, 4) is 0 Å². The molecule has 0 unspecified atom stereocenters. The quantitative estimate of drug-likeness (QED) is 0.537. The van der Waals surface area contributed by atoms with E-state index in [1.165, 1.54) is 5.56 Å². The molecule has 128 valence electrons. The Morgan fingerprint density at radius 3 is 2.50 bits per heavy atom. The van der Waals surface area contributed by atoms with Crippen molar-refractivity contribution in [1.29, 1.82) is 0 Å². The van der Waals surface area contributed by atoms with Gasteiger partial charge in [0.15, 0.2) is 0 Å². The monoisotopic (exact) mass is 366 g/mol. The number of aryl methyl sites for hydroxylation is 1. The van der Waals surface area contributed by atoms with Crippen LogP contribution in [0.1, 0.15) is 5.56 Å². The van der Waals surface area contributed by atoms with Gasteiger partial charge in [0, 0.05) is 5.69 Å². The third-order valence-electron chi connectivity index (χ3n) is 3.48. The Kier molecular flexibility index (Phi) is 7.71. The molecule has 0 saturated carbocycles. The lowest BCUT2D eigenvalue weighted by molar-refractivity contribution is 0.561. The largest absolute Gasteiger partial charge is 0.372 e. The van der Waals surface area contributed by atoms with Crippen LogP contribution < -0.4 is 16.2 Å². The van der Waals surface area contributed by atoms with Gasteiger partial charge in [-0.15, -0.1) is 24.8 Å². The molecule has 3 rings (SSSR count). The molecule has 0 aliphatic heterocycles. The Morgan fingerprint density at radius 1 is 1.04 bits per heavy atom. The summed E-state index contributed by atoms with van der Waals surface area (Å²) in [6.45, 7) is 3.04. The number of halogens is 2. The molecule has 2 N–H and O–H groups in total. The molecule has 7 heteroatoms. The first-order chi connectivity index (χ1) is 10.7. The lowest BCUT2D eigenvalue weighted by Crippen LogP contribution is -2.31. The van der Waals surface area contributed by atoms with Gasteiger partial charge in [0.25, 0.3) is 5.56 Å². The number of aromatic nitrogens is 2. The Morgan fingerprint density at radius 2 is 1.75 bits per heavy atom. The Hall–Kier alpha value is -2.08. The van der Waals surface area contributed by atoms with Crippen molar-refractivity contribution in [3.63, 3.8) is 0 Å². The fraction of sp³-hybridized carbons (Fsp3) is 0.176.